The molecule has 2 N–H and O–H groups in total. The standard InChI is InChI=1S/C10H13BrN2O5/c1-16-4-5-17-13-9(14)6-12-10(15)7-2-3-8(11)18-7/h2-3H,4-6H2,1H3,(H,12,15)(H,13,14). The third-order valence-corrected chi connectivity index (χ3v) is 2.21. The second kappa shape index (κ2) is 7.85. The molecule has 0 aliphatic rings. The number of carbonyl (C=O) groups excluding carboxylic acids is 2. The van der Waals surface area contributed by atoms with Gasteiger partial charge in [-0.25, -0.2) is 5.48 Å². The van der Waals surface area contributed by atoms with Crippen LogP contribution in [-0.2, 0) is 14.4 Å². The van der Waals surface area contributed by atoms with E-state index < -0.39 is 11.8 Å². The lowest BCUT2D eigenvalue weighted by molar-refractivity contribution is -0.133. The molecule has 0 aliphatic heterocycles. The lowest BCUT2D eigenvalue weighted by Crippen LogP contribution is -2.37. The number of furan rings is 1. The highest BCUT2D eigenvalue weighted by Gasteiger charge is 2.11. The quantitative estimate of drug-likeness (QED) is 0.563. The highest BCUT2D eigenvalue weighted by atomic mass is 79.9. The number of hydroxylamine groups is 1. The van der Waals surface area contributed by atoms with E-state index >= 15 is 0 Å². The maximum Gasteiger partial charge on any atom is 0.287 e. The van der Waals surface area contributed by atoms with Gasteiger partial charge >= 0.3 is 0 Å². The Bertz CT molecular complexity index is 407. The first-order valence-electron chi connectivity index (χ1n) is 5.06. The van der Waals surface area contributed by atoms with Crippen molar-refractivity contribution < 1.29 is 23.6 Å². The Balaban J connectivity index is 2.20. The number of carbonyl (C=O) groups is 2. The van der Waals surface area contributed by atoms with E-state index in [-0.39, 0.29) is 18.9 Å². The molecule has 0 aromatic carbocycles. The first-order valence-corrected chi connectivity index (χ1v) is 5.86. The summed E-state index contributed by atoms with van der Waals surface area (Å²) in [5.74, 6) is -0.826. The van der Waals surface area contributed by atoms with Crippen molar-refractivity contribution in [2.75, 3.05) is 26.9 Å². The molecule has 2 amide bonds. The van der Waals surface area contributed by atoms with Crippen LogP contribution >= 0.6 is 15.9 Å². The predicted octanol–water partition coefficient (Wildman–Crippen LogP) is 0.466. The molecule has 1 aromatic heterocycles. The third kappa shape index (κ3) is 5.30. The van der Waals surface area contributed by atoms with Gasteiger partial charge in [-0.05, 0) is 28.1 Å². The molecule has 18 heavy (non-hydrogen) atoms. The van der Waals surface area contributed by atoms with Crippen molar-refractivity contribution in [2.45, 2.75) is 0 Å². The molecule has 0 bridgehead atoms. The van der Waals surface area contributed by atoms with Gasteiger partial charge in [-0.2, -0.15) is 0 Å². The average molecular weight is 321 g/mol. The highest BCUT2D eigenvalue weighted by molar-refractivity contribution is 9.10. The molecule has 0 saturated carbocycles. The van der Waals surface area contributed by atoms with E-state index in [1.807, 2.05) is 0 Å². The van der Waals surface area contributed by atoms with Crippen molar-refractivity contribution in [1.82, 2.24) is 10.8 Å². The Morgan fingerprint density at radius 3 is 2.78 bits per heavy atom. The predicted molar refractivity (Wildman–Crippen MR) is 64.7 cm³/mol. The number of ether oxygens (including phenoxy) is 1. The minimum absolute atomic E-state index is 0.120. The number of halogens is 1. The van der Waals surface area contributed by atoms with Crippen LogP contribution < -0.4 is 10.8 Å². The van der Waals surface area contributed by atoms with Crippen LogP contribution in [0.4, 0.5) is 0 Å². The Labute approximate surface area is 112 Å². The SMILES string of the molecule is COCCONC(=O)CNC(=O)c1ccc(Br)o1. The van der Waals surface area contributed by atoms with Crippen LogP contribution in [0.2, 0.25) is 0 Å². The maximum atomic E-state index is 11.5. The zero-order valence-electron chi connectivity index (χ0n) is 9.70. The largest absolute Gasteiger partial charge is 0.444 e. The topological polar surface area (TPSA) is 89.8 Å². The van der Waals surface area contributed by atoms with E-state index in [2.05, 4.69) is 26.7 Å². The molecule has 0 radical (unpaired) electrons. The average Bonchev–Trinajstić information content (AvgIpc) is 2.78. The highest BCUT2D eigenvalue weighted by Crippen LogP contribution is 2.13. The van der Waals surface area contributed by atoms with Crippen LogP contribution in [0.5, 0.6) is 0 Å². The van der Waals surface area contributed by atoms with Crippen LogP contribution in [0.3, 0.4) is 0 Å². The van der Waals surface area contributed by atoms with Crippen molar-refractivity contribution >= 4 is 27.7 Å². The summed E-state index contributed by atoms with van der Waals surface area (Å²) in [6.07, 6.45) is 0. The summed E-state index contributed by atoms with van der Waals surface area (Å²) in [6, 6.07) is 3.08. The van der Waals surface area contributed by atoms with E-state index in [4.69, 9.17) is 14.0 Å². The molecular weight excluding hydrogens is 308 g/mol. The van der Waals surface area contributed by atoms with Crippen LogP contribution in [0.25, 0.3) is 0 Å². The van der Waals surface area contributed by atoms with Gasteiger partial charge in [-0.3, -0.25) is 14.4 Å². The van der Waals surface area contributed by atoms with Crippen molar-refractivity contribution in [3.05, 3.63) is 22.6 Å². The van der Waals surface area contributed by atoms with Gasteiger partial charge in [0.1, 0.15) is 0 Å². The molecule has 1 aromatic rings. The normalized spacial score (nSPS) is 10.1. The molecule has 0 saturated heterocycles. The van der Waals surface area contributed by atoms with Gasteiger partial charge in [0.15, 0.2) is 10.4 Å². The monoisotopic (exact) mass is 320 g/mol. The van der Waals surface area contributed by atoms with Gasteiger partial charge in [0.2, 0.25) is 0 Å². The summed E-state index contributed by atoms with van der Waals surface area (Å²) in [6.45, 7) is 0.401. The molecule has 0 spiro atoms. The molecule has 0 unspecified atom stereocenters. The summed E-state index contributed by atoms with van der Waals surface area (Å²) in [7, 11) is 1.52. The van der Waals surface area contributed by atoms with Gasteiger partial charge in [-0.15, -0.1) is 0 Å². The summed E-state index contributed by atoms with van der Waals surface area (Å²) >= 11 is 3.07. The molecule has 7 nitrogen and oxygen atoms in total. The molecule has 8 heteroatoms. The Morgan fingerprint density at radius 2 is 2.17 bits per heavy atom. The Morgan fingerprint density at radius 1 is 1.39 bits per heavy atom. The summed E-state index contributed by atoms with van der Waals surface area (Å²) in [5, 5.41) is 2.38. The number of amides is 2. The smallest absolute Gasteiger partial charge is 0.287 e. The second-order valence-electron chi connectivity index (χ2n) is 3.15. The number of hydrogen-bond donors (Lipinski definition) is 2. The minimum Gasteiger partial charge on any atom is -0.444 e. The van der Waals surface area contributed by atoms with Crippen molar-refractivity contribution in [1.29, 1.82) is 0 Å². The van der Waals surface area contributed by atoms with Gasteiger partial charge in [-0.1, -0.05) is 0 Å². The van der Waals surface area contributed by atoms with Crippen molar-refractivity contribution in [3.63, 3.8) is 0 Å². The van der Waals surface area contributed by atoms with Crippen LogP contribution in [0.1, 0.15) is 10.6 Å². The fraction of sp³-hybridized carbons (Fsp3) is 0.400. The number of methoxy groups -OCH3 is 1. The summed E-state index contributed by atoms with van der Waals surface area (Å²) in [4.78, 5) is 27.5. The zero-order valence-corrected chi connectivity index (χ0v) is 11.3. The number of nitrogens with one attached hydrogen (secondary N) is 2. The van der Waals surface area contributed by atoms with E-state index in [9.17, 15) is 9.59 Å². The van der Waals surface area contributed by atoms with E-state index in [0.29, 0.717) is 11.3 Å². The van der Waals surface area contributed by atoms with Crippen LogP contribution in [0, 0.1) is 0 Å². The lowest BCUT2D eigenvalue weighted by Gasteiger charge is -2.05. The van der Waals surface area contributed by atoms with Gasteiger partial charge in [0.25, 0.3) is 11.8 Å². The van der Waals surface area contributed by atoms with E-state index in [1.54, 1.807) is 6.07 Å². The Kier molecular flexibility index (Phi) is 6.40. The summed E-state index contributed by atoms with van der Waals surface area (Å²) in [5.41, 5.74) is 2.16. The molecule has 0 aliphatic carbocycles. The molecule has 1 heterocycles. The summed E-state index contributed by atoms with van der Waals surface area (Å²) < 4.78 is 10.2. The lowest BCUT2D eigenvalue weighted by atomic mass is 10.4. The van der Waals surface area contributed by atoms with E-state index in [0.717, 1.165) is 0 Å². The fourth-order valence-corrected chi connectivity index (χ4v) is 1.28. The molecule has 100 valence electrons. The fourth-order valence-electron chi connectivity index (χ4n) is 0.977. The molecule has 0 atom stereocenters. The first kappa shape index (κ1) is 14.7. The van der Waals surface area contributed by atoms with Crippen LogP contribution in [0.15, 0.2) is 21.2 Å². The van der Waals surface area contributed by atoms with Crippen molar-refractivity contribution in [3.8, 4) is 0 Å². The third-order valence-electron chi connectivity index (χ3n) is 1.78. The zero-order chi connectivity index (χ0) is 13.4. The molecule has 1 rings (SSSR count). The minimum atomic E-state index is -0.479. The van der Waals surface area contributed by atoms with E-state index in [1.165, 1.54) is 13.2 Å². The first-order chi connectivity index (χ1) is 8.63. The molecule has 0 fully saturated rings. The van der Waals surface area contributed by atoms with Gasteiger partial charge in [0.05, 0.1) is 19.8 Å². The second-order valence-corrected chi connectivity index (χ2v) is 3.93. The van der Waals surface area contributed by atoms with Gasteiger partial charge in [0, 0.05) is 7.11 Å². The Hall–Kier alpha value is -1.38. The number of rotatable bonds is 7. The van der Waals surface area contributed by atoms with Gasteiger partial charge < -0.3 is 14.5 Å². The van der Waals surface area contributed by atoms with Crippen molar-refractivity contribution in [2.24, 2.45) is 0 Å². The molecular formula is C10H13BrN2O5. The van der Waals surface area contributed by atoms with Crippen LogP contribution in [-0.4, -0.2) is 38.7 Å². The maximum absolute atomic E-state index is 11.5. The number of hydrogen-bond acceptors (Lipinski definition) is 5.